The molecule has 13 aromatic rings. The molecule has 2 saturated heterocycles. The van der Waals surface area contributed by atoms with Crippen molar-refractivity contribution in [1.29, 1.82) is 0 Å². The van der Waals surface area contributed by atoms with Gasteiger partial charge < -0.3 is 112 Å². The van der Waals surface area contributed by atoms with Gasteiger partial charge in [0, 0.05) is 133 Å². The van der Waals surface area contributed by atoms with E-state index in [0.717, 1.165) is 230 Å². The van der Waals surface area contributed by atoms with Gasteiger partial charge in [0.2, 0.25) is 6.33 Å². The monoisotopic (exact) mass is 1830 g/mol. The van der Waals surface area contributed by atoms with Crippen LogP contribution < -0.4 is 98.9 Å². The first-order valence-electron chi connectivity index (χ1n) is 45.3. The molecule has 726 valence electrons. The van der Waals surface area contributed by atoms with Crippen LogP contribution in [0.4, 0.5) is 91.7 Å². The molecule has 0 radical (unpaired) electrons. The SMILES string of the molecule is C.C.C.CC(C)[N+](C)(CCNc1nn2c3c(ccc2c1N)CCC3)C(C)C.CN(C)c1cccn2nc(N3CCC([N+](C)(C)C)C3)c(N)c12.CN(C)c1cccn2nc(N3CC[NH+](C)CC3)c(N)c12.CN(C)c1cccn2nc(NCCC[N+](C)(C)C)c(N)c12.CN(C)c1cccn2nc(NCC[N+](C)(C)C)c(N)c12.CN(C)c1cccn2nc(OCCn3cc[n+](C)c3)c(N)c12. The molecule has 2 fully saturated rings. The molecule has 16 rings (SSSR count). The van der Waals surface area contributed by atoms with Crippen LogP contribution in [-0.4, -0.2) is 331 Å². The molecule has 132 heavy (non-hydrogen) atoms. The molecule has 1 unspecified atom stereocenters. The first-order valence-corrected chi connectivity index (χ1v) is 45.3. The van der Waals surface area contributed by atoms with Crippen LogP contribution in [0.5, 0.6) is 5.88 Å². The topological polar surface area (TPSA) is 341 Å². The summed E-state index contributed by atoms with van der Waals surface area (Å²) in [6.45, 7) is 22.5. The van der Waals surface area contributed by atoms with Crippen molar-refractivity contribution in [2.45, 2.75) is 107 Å². The van der Waals surface area contributed by atoms with Gasteiger partial charge in [0.15, 0.2) is 29.1 Å². The maximum absolute atomic E-state index is 6.46. The Labute approximate surface area is 786 Å². The summed E-state index contributed by atoms with van der Waals surface area (Å²) in [5, 5.41) is 37.8. The third kappa shape index (κ3) is 24.7. The molecular formula is C96H167N35O+6. The van der Waals surface area contributed by atoms with Crippen molar-refractivity contribution in [2.24, 2.45) is 7.05 Å². The van der Waals surface area contributed by atoms with E-state index in [1.807, 2.05) is 213 Å². The summed E-state index contributed by atoms with van der Waals surface area (Å²) in [6, 6.07) is 26.3. The van der Waals surface area contributed by atoms with Crippen molar-refractivity contribution in [2.75, 3.05) is 318 Å². The van der Waals surface area contributed by atoms with Gasteiger partial charge in [-0.2, -0.15) is 0 Å². The summed E-state index contributed by atoms with van der Waals surface area (Å²) in [5.74, 6) is 4.68. The number of piperazine rings is 1. The van der Waals surface area contributed by atoms with Crippen LogP contribution >= 0.6 is 0 Å². The van der Waals surface area contributed by atoms with E-state index in [0.29, 0.717) is 47.7 Å². The molecule has 2 aliphatic heterocycles. The molecular weight excluding hydrogens is 1660 g/mol. The van der Waals surface area contributed by atoms with Crippen molar-refractivity contribution < 1.29 is 32.1 Å². The predicted molar refractivity (Wildman–Crippen MR) is 557 cm³/mol. The molecule has 36 nitrogen and oxygen atoms in total. The molecule has 0 bridgehead atoms. The number of quaternary nitrogens is 5. The minimum absolute atomic E-state index is 0. The fourth-order valence-electron chi connectivity index (χ4n) is 16.8. The number of nitrogens with one attached hydrogen (secondary N) is 4. The van der Waals surface area contributed by atoms with Gasteiger partial charge in [0.1, 0.15) is 93.3 Å². The first-order chi connectivity index (χ1) is 60.8. The van der Waals surface area contributed by atoms with Crippen LogP contribution in [0.3, 0.4) is 0 Å². The number of pyridine rings is 6. The van der Waals surface area contributed by atoms with Crippen molar-refractivity contribution in [3.05, 3.63) is 134 Å². The minimum atomic E-state index is 0. The second-order valence-electron chi connectivity index (χ2n) is 39.4. The van der Waals surface area contributed by atoms with E-state index in [1.165, 1.54) is 24.1 Å². The average Bonchev–Trinajstić information content (AvgIpc) is 1.60. The molecule has 0 aromatic carbocycles. The molecule has 0 saturated carbocycles. The summed E-state index contributed by atoms with van der Waals surface area (Å²) in [7, 11) is 46.5. The summed E-state index contributed by atoms with van der Waals surface area (Å²) >= 11 is 0. The lowest BCUT2D eigenvalue weighted by atomic mass is 10.1. The van der Waals surface area contributed by atoms with Gasteiger partial charge in [-0.05, 0) is 119 Å². The summed E-state index contributed by atoms with van der Waals surface area (Å²) in [4.78, 5) is 16.5. The number of likely N-dealkylation sites (N-methyl/N-ethyl adjacent to an activating group) is 4. The highest BCUT2D eigenvalue weighted by Gasteiger charge is 2.36. The van der Waals surface area contributed by atoms with E-state index in [-0.39, 0.29) is 22.3 Å². The van der Waals surface area contributed by atoms with E-state index in [9.17, 15) is 0 Å². The van der Waals surface area contributed by atoms with Gasteiger partial charge in [-0.1, -0.05) is 28.3 Å². The van der Waals surface area contributed by atoms with Crippen LogP contribution in [-0.2, 0) is 26.4 Å². The number of anilines is 16. The lowest BCUT2D eigenvalue weighted by Crippen LogP contribution is -3.12. The zero-order valence-electron chi connectivity index (χ0n) is 82.3. The predicted octanol–water partition coefficient (Wildman–Crippen LogP) is 8.85. The highest BCUT2D eigenvalue weighted by Crippen LogP contribution is 2.39. The highest BCUT2D eigenvalue weighted by molar-refractivity contribution is 5.95. The molecule has 16 N–H and O–H groups in total. The molecule has 0 amide bonds. The number of nitrogen functional groups attached to an aromatic ring is 6. The van der Waals surface area contributed by atoms with Gasteiger partial charge in [0.05, 0.1) is 196 Å². The number of hydrogen-bond donors (Lipinski definition) is 10. The smallest absolute Gasteiger partial charge is 0.257 e. The number of nitrogens with two attached hydrogens (primary N) is 6. The third-order valence-electron chi connectivity index (χ3n) is 25.1. The molecule has 15 heterocycles. The van der Waals surface area contributed by atoms with Gasteiger partial charge in [0.25, 0.3) is 5.88 Å². The number of nitrogens with zero attached hydrogens (tertiary/aromatic N) is 25. The number of imidazole rings is 1. The quantitative estimate of drug-likeness (QED) is 0.0130. The number of aryl methyl sites for hydroxylation is 3. The summed E-state index contributed by atoms with van der Waals surface area (Å²) < 4.78 is 25.0. The largest absolute Gasteiger partial charge is 0.471 e. The summed E-state index contributed by atoms with van der Waals surface area (Å²) in [6.07, 6.45) is 21.4. The lowest BCUT2D eigenvalue weighted by Gasteiger charge is -2.42. The Kier molecular flexibility index (Phi) is 35.3. The highest BCUT2D eigenvalue weighted by atomic mass is 16.5. The minimum Gasteiger partial charge on any atom is -0.471 e. The van der Waals surface area contributed by atoms with Crippen molar-refractivity contribution in [3.63, 3.8) is 0 Å². The fourth-order valence-corrected chi connectivity index (χ4v) is 16.8. The second kappa shape index (κ2) is 44.3. The molecule has 0 spiro atoms. The van der Waals surface area contributed by atoms with Crippen LogP contribution in [0.2, 0.25) is 0 Å². The van der Waals surface area contributed by atoms with Crippen molar-refractivity contribution >= 4 is 125 Å². The van der Waals surface area contributed by atoms with Crippen LogP contribution in [0.25, 0.3) is 33.1 Å². The standard InChI is InChI=1S/C19H32N5.C16H27N6.C15H21N6O.C15H27N6.C14H22N6.C14H25N6.3CH4/c1-13(2)24(5,14(3)4)12-11-21-19-18(20)17-10-9-15-7-6-8-16(15)23(17)22-19;1-19(2)13-7-6-9-21-15(13)14(17)16(18-21)20-10-8-12(11-20)22(3,4)5;1-18(2)12-5-4-6-21-14(12)13(16)15(17-21)22-10-9-20-8-7-19(3)11-20;1-19(2)12-8-6-10-20-14(12)13(16)15(18-20)17-9-7-11-21(3,4)5;1-17(2)11-5-4-6-20-13(11)12(15)14(16-20)19-9-7-18(3)8-10-19;1-18(2)11-7-6-9-19-13(11)12(15)14(17-19)16-8-10-20(3,4)5;;;/h9-10,13-14H,6-8,11-12,20H2,1-5H3,(H,21,22);6-7,9,12H,8,10-11,17H2,1-5H3;4-8,11H,9-10,16H2,1-3H3;6,8,10H,7,9,11,16H2,1-5H3,(H,17,18);4-6H,7-10,15H2,1-3H3;6-7,9H,8,10,15H2,1-5H3,(H,16,17);3*1H4/q4*+1;;+1;;;/p+1. The molecule has 3 aliphatic rings. The zero-order chi connectivity index (χ0) is 94.1. The van der Waals surface area contributed by atoms with Gasteiger partial charge >= 0.3 is 0 Å². The van der Waals surface area contributed by atoms with Crippen molar-refractivity contribution in [1.82, 2.24) is 62.3 Å². The van der Waals surface area contributed by atoms with Crippen LogP contribution in [0, 0.1) is 0 Å². The van der Waals surface area contributed by atoms with Gasteiger partial charge in [-0.15, -0.1) is 30.6 Å². The zero-order valence-corrected chi connectivity index (χ0v) is 82.3. The maximum atomic E-state index is 6.46. The van der Waals surface area contributed by atoms with Gasteiger partial charge in [-0.25, -0.2) is 36.2 Å². The Morgan fingerprint density at radius 3 is 1.32 bits per heavy atom. The normalized spacial score (nSPS) is 14.0. The Morgan fingerprint density at radius 2 is 0.894 bits per heavy atom. The fraction of sp³-hybridized carbons (Fsp3) is 0.531. The Balaban J connectivity index is 0.000000194. The summed E-state index contributed by atoms with van der Waals surface area (Å²) in [5.41, 5.74) is 56.2. The van der Waals surface area contributed by atoms with Crippen LogP contribution in [0.1, 0.15) is 80.5 Å². The first kappa shape index (κ1) is 105. The van der Waals surface area contributed by atoms with Crippen LogP contribution in [0.15, 0.2) is 123 Å². The number of aromatic nitrogens is 14. The maximum Gasteiger partial charge on any atom is 0.257 e. The number of fused-ring (bicyclic) bond motifs is 8. The Morgan fingerprint density at radius 1 is 0.477 bits per heavy atom. The third-order valence-corrected chi connectivity index (χ3v) is 25.1. The van der Waals surface area contributed by atoms with Gasteiger partial charge in [-0.3, -0.25) is 0 Å². The molecule has 1 atom stereocenters. The number of rotatable bonds is 27. The van der Waals surface area contributed by atoms with E-state index in [1.54, 1.807) is 9.42 Å². The van der Waals surface area contributed by atoms with E-state index in [2.05, 4.69) is 195 Å². The Bertz CT molecular complexity index is 5830. The van der Waals surface area contributed by atoms with E-state index >= 15 is 0 Å². The van der Waals surface area contributed by atoms with E-state index < -0.39 is 0 Å². The molecule has 36 heteroatoms. The average molecular weight is 1830 g/mol. The number of ether oxygens (including phenoxy) is 1. The molecule has 1 aliphatic carbocycles. The lowest BCUT2D eigenvalue weighted by molar-refractivity contribution is -0.947. The number of hydrogen-bond acceptors (Lipinski definition) is 23. The van der Waals surface area contributed by atoms with E-state index in [4.69, 9.17) is 49.3 Å². The molecule has 13 aromatic heterocycles. The Hall–Kier alpha value is -12.3. The van der Waals surface area contributed by atoms with Crippen molar-refractivity contribution in [3.8, 4) is 5.88 Å². The second-order valence-corrected chi connectivity index (χ2v) is 39.4.